The van der Waals surface area contributed by atoms with Crippen LogP contribution in [0.2, 0.25) is 10.0 Å². The molecule has 0 fully saturated rings. The lowest BCUT2D eigenvalue weighted by atomic mass is 10.2. The van der Waals surface area contributed by atoms with E-state index in [1.54, 1.807) is 26.1 Å². The number of aliphatic hydroxyl groups excluding tert-OH is 1. The highest BCUT2D eigenvalue weighted by Crippen LogP contribution is 2.22. The quantitative estimate of drug-likeness (QED) is 0.908. The van der Waals surface area contributed by atoms with E-state index in [2.05, 4.69) is 0 Å². The summed E-state index contributed by atoms with van der Waals surface area (Å²) >= 11 is 11.7. The number of halogens is 2. The maximum absolute atomic E-state index is 12.0. The van der Waals surface area contributed by atoms with E-state index in [-0.39, 0.29) is 18.6 Å². The molecule has 0 saturated carbocycles. The fourth-order valence-electron chi connectivity index (χ4n) is 1.17. The lowest BCUT2D eigenvalue weighted by Gasteiger charge is -2.23. The Morgan fingerprint density at radius 2 is 2.12 bits per heavy atom. The molecule has 5 heteroatoms. The average Bonchev–Trinajstić information content (AvgIpc) is 2.29. The van der Waals surface area contributed by atoms with E-state index < -0.39 is 0 Å². The number of amides is 1. The van der Waals surface area contributed by atoms with E-state index >= 15 is 0 Å². The largest absolute Gasteiger partial charge is 0.394 e. The second kappa shape index (κ2) is 5.53. The maximum Gasteiger partial charge on any atom is 0.255 e. The smallest absolute Gasteiger partial charge is 0.255 e. The third-order valence-electron chi connectivity index (χ3n) is 2.40. The molecule has 0 saturated heterocycles. The number of carbonyl (C=O) groups excluding carboxylic acids is 1. The molecule has 0 bridgehead atoms. The minimum absolute atomic E-state index is 0.0968. The monoisotopic (exact) mass is 261 g/mol. The van der Waals surface area contributed by atoms with E-state index in [4.69, 9.17) is 28.3 Å². The molecular weight excluding hydrogens is 249 g/mol. The first kappa shape index (κ1) is 13.3. The Hall–Kier alpha value is -0.770. The van der Waals surface area contributed by atoms with Crippen molar-refractivity contribution in [1.29, 1.82) is 0 Å². The fourth-order valence-corrected chi connectivity index (χ4v) is 1.54. The number of hydrogen-bond donors (Lipinski definition) is 1. The third kappa shape index (κ3) is 2.88. The topological polar surface area (TPSA) is 40.5 Å². The van der Waals surface area contributed by atoms with Gasteiger partial charge in [0.25, 0.3) is 5.91 Å². The summed E-state index contributed by atoms with van der Waals surface area (Å²) in [5.41, 5.74) is 0.344. The van der Waals surface area contributed by atoms with Crippen LogP contribution in [-0.2, 0) is 0 Å². The number of nitrogens with zero attached hydrogens (tertiary/aromatic N) is 1. The van der Waals surface area contributed by atoms with Crippen LogP contribution in [0.5, 0.6) is 0 Å². The summed E-state index contributed by atoms with van der Waals surface area (Å²) in [6.07, 6.45) is 0. The summed E-state index contributed by atoms with van der Waals surface area (Å²) in [4.78, 5) is 13.4. The summed E-state index contributed by atoms with van der Waals surface area (Å²) in [5, 5.41) is 9.78. The molecule has 0 spiro atoms. The summed E-state index contributed by atoms with van der Waals surface area (Å²) in [6, 6.07) is 4.46. The van der Waals surface area contributed by atoms with Crippen LogP contribution in [0.3, 0.4) is 0 Å². The Morgan fingerprint density at radius 3 is 2.69 bits per heavy atom. The molecule has 3 nitrogen and oxygen atoms in total. The first-order chi connectivity index (χ1) is 7.47. The van der Waals surface area contributed by atoms with Crippen LogP contribution in [0.1, 0.15) is 17.3 Å². The summed E-state index contributed by atoms with van der Waals surface area (Å²) in [7, 11) is 1.61. The molecule has 0 aliphatic heterocycles. The second-order valence-electron chi connectivity index (χ2n) is 3.57. The van der Waals surface area contributed by atoms with Gasteiger partial charge in [-0.15, -0.1) is 0 Å². The van der Waals surface area contributed by atoms with Gasteiger partial charge in [-0.3, -0.25) is 4.79 Å². The van der Waals surface area contributed by atoms with Crippen molar-refractivity contribution in [3.8, 4) is 0 Å². The van der Waals surface area contributed by atoms with Crippen molar-refractivity contribution in [2.24, 2.45) is 0 Å². The van der Waals surface area contributed by atoms with Gasteiger partial charge in [0.05, 0.1) is 23.2 Å². The predicted molar refractivity (Wildman–Crippen MR) is 65.1 cm³/mol. The summed E-state index contributed by atoms with van der Waals surface area (Å²) < 4.78 is 0. The number of aliphatic hydroxyl groups is 1. The van der Waals surface area contributed by atoms with Crippen molar-refractivity contribution in [3.63, 3.8) is 0 Å². The van der Waals surface area contributed by atoms with Gasteiger partial charge in [0.15, 0.2) is 0 Å². The Kier molecular flexibility index (Phi) is 4.59. The van der Waals surface area contributed by atoms with E-state index in [0.29, 0.717) is 15.6 Å². The van der Waals surface area contributed by atoms with Crippen molar-refractivity contribution in [1.82, 2.24) is 4.90 Å². The van der Waals surface area contributed by atoms with Crippen molar-refractivity contribution in [2.45, 2.75) is 13.0 Å². The van der Waals surface area contributed by atoms with Gasteiger partial charge in [0, 0.05) is 12.1 Å². The molecule has 16 heavy (non-hydrogen) atoms. The minimum Gasteiger partial charge on any atom is -0.394 e. The van der Waals surface area contributed by atoms with Gasteiger partial charge in [0.1, 0.15) is 0 Å². The van der Waals surface area contributed by atoms with Gasteiger partial charge in [-0.1, -0.05) is 23.2 Å². The van der Waals surface area contributed by atoms with Crippen molar-refractivity contribution in [3.05, 3.63) is 33.8 Å². The van der Waals surface area contributed by atoms with Crippen LogP contribution < -0.4 is 0 Å². The van der Waals surface area contributed by atoms with Gasteiger partial charge in [-0.2, -0.15) is 0 Å². The lowest BCUT2D eigenvalue weighted by molar-refractivity contribution is 0.0682. The van der Waals surface area contributed by atoms with Crippen LogP contribution in [0.4, 0.5) is 0 Å². The van der Waals surface area contributed by atoms with Gasteiger partial charge < -0.3 is 10.0 Å². The van der Waals surface area contributed by atoms with Crippen molar-refractivity contribution < 1.29 is 9.90 Å². The highest BCUT2D eigenvalue weighted by atomic mass is 35.5. The molecule has 1 atom stereocenters. The highest BCUT2D eigenvalue weighted by molar-refractivity contribution is 6.35. The molecule has 1 amide bonds. The number of benzene rings is 1. The van der Waals surface area contributed by atoms with Crippen LogP contribution in [0.15, 0.2) is 18.2 Å². The first-order valence-electron chi connectivity index (χ1n) is 4.80. The zero-order valence-corrected chi connectivity index (χ0v) is 10.6. The molecule has 1 aromatic rings. The molecule has 0 aliphatic rings. The molecule has 1 N–H and O–H groups in total. The fraction of sp³-hybridized carbons (Fsp3) is 0.364. The van der Waals surface area contributed by atoms with E-state index in [1.165, 1.54) is 11.0 Å². The molecule has 88 valence electrons. The molecule has 0 aliphatic carbocycles. The van der Waals surface area contributed by atoms with Gasteiger partial charge >= 0.3 is 0 Å². The number of likely N-dealkylation sites (N-methyl/N-ethyl adjacent to an activating group) is 1. The summed E-state index contributed by atoms with van der Waals surface area (Å²) in [5.74, 6) is -0.256. The zero-order valence-electron chi connectivity index (χ0n) is 9.08. The van der Waals surface area contributed by atoms with Crippen molar-refractivity contribution in [2.75, 3.05) is 13.7 Å². The van der Waals surface area contributed by atoms with Crippen LogP contribution in [0, 0.1) is 0 Å². The molecule has 0 aromatic heterocycles. The molecule has 1 aromatic carbocycles. The Labute approximate surface area is 105 Å². The molecule has 1 rings (SSSR count). The Balaban J connectivity index is 3.00. The summed E-state index contributed by atoms with van der Waals surface area (Å²) in [6.45, 7) is 1.65. The first-order valence-corrected chi connectivity index (χ1v) is 5.56. The van der Waals surface area contributed by atoms with Crippen molar-refractivity contribution >= 4 is 29.1 Å². The van der Waals surface area contributed by atoms with Crippen LogP contribution in [-0.4, -0.2) is 35.6 Å². The maximum atomic E-state index is 12.0. The van der Waals surface area contributed by atoms with E-state index in [1.807, 2.05) is 0 Å². The highest BCUT2D eigenvalue weighted by Gasteiger charge is 2.19. The van der Waals surface area contributed by atoms with E-state index in [0.717, 1.165) is 0 Å². The lowest BCUT2D eigenvalue weighted by Crippen LogP contribution is -2.37. The van der Waals surface area contributed by atoms with Gasteiger partial charge in [-0.25, -0.2) is 0 Å². The second-order valence-corrected chi connectivity index (χ2v) is 4.42. The molecule has 0 radical (unpaired) electrons. The van der Waals surface area contributed by atoms with Crippen LogP contribution >= 0.6 is 23.2 Å². The Morgan fingerprint density at radius 1 is 1.50 bits per heavy atom. The molecule has 1 unspecified atom stereocenters. The number of hydrogen-bond acceptors (Lipinski definition) is 2. The number of carbonyl (C=O) groups is 1. The molecule has 0 heterocycles. The average molecular weight is 262 g/mol. The zero-order chi connectivity index (χ0) is 12.3. The SMILES string of the molecule is CC(CO)N(C)C(=O)c1cc(Cl)ccc1Cl. The third-order valence-corrected chi connectivity index (χ3v) is 2.97. The normalized spacial score (nSPS) is 12.3. The Bertz CT molecular complexity index is 396. The van der Waals surface area contributed by atoms with Crippen LogP contribution in [0.25, 0.3) is 0 Å². The standard InChI is InChI=1S/C11H13Cl2NO2/c1-7(6-15)14(2)11(16)9-5-8(12)3-4-10(9)13/h3-5,7,15H,6H2,1-2H3. The minimum atomic E-state index is -0.262. The predicted octanol–water partition coefficient (Wildman–Crippen LogP) is 2.45. The van der Waals surface area contributed by atoms with Gasteiger partial charge in [-0.05, 0) is 25.1 Å². The molecular formula is C11H13Cl2NO2. The number of rotatable bonds is 3. The van der Waals surface area contributed by atoms with E-state index in [9.17, 15) is 4.79 Å². The van der Waals surface area contributed by atoms with Gasteiger partial charge in [0.2, 0.25) is 0 Å².